The largest absolute Gasteiger partial charge is 0.388 e. The molecule has 2 aromatic carbocycles. The third-order valence-corrected chi connectivity index (χ3v) is 2.60. The van der Waals surface area contributed by atoms with E-state index in [1.54, 1.807) is 0 Å². The fraction of sp³-hybridized carbons (Fsp3) is 0.231. The summed E-state index contributed by atoms with van der Waals surface area (Å²) in [6, 6.07) is 14.1. The van der Waals surface area contributed by atoms with Crippen LogP contribution in [0.2, 0.25) is 0 Å². The molecule has 0 saturated heterocycles. The molecule has 0 amide bonds. The van der Waals surface area contributed by atoms with Crippen LogP contribution in [-0.4, -0.2) is 11.7 Å². The summed E-state index contributed by atoms with van der Waals surface area (Å²) in [7, 11) is 0. The Balaban J connectivity index is 2.38. The smallest absolute Gasteiger partial charge is 0.0802 e. The first kappa shape index (κ1) is 10.1. The number of benzene rings is 2. The van der Waals surface area contributed by atoms with Crippen LogP contribution in [0.1, 0.15) is 18.1 Å². The Hall–Kier alpha value is -1.38. The van der Waals surface area contributed by atoms with Gasteiger partial charge in [-0.15, -0.1) is 0 Å². The second kappa shape index (κ2) is 4.43. The molecular weight excluding hydrogens is 186 g/mol. The van der Waals surface area contributed by atoms with Crippen LogP contribution in [0.15, 0.2) is 42.5 Å². The Bertz CT molecular complexity index is 453. The second-order valence-electron chi connectivity index (χ2n) is 3.70. The molecule has 0 spiro atoms. The fourth-order valence-electron chi connectivity index (χ4n) is 1.74. The quantitative estimate of drug-likeness (QED) is 0.799. The summed E-state index contributed by atoms with van der Waals surface area (Å²) >= 11 is 0. The van der Waals surface area contributed by atoms with Crippen LogP contribution < -0.4 is 5.73 Å². The van der Waals surface area contributed by atoms with Gasteiger partial charge >= 0.3 is 0 Å². The standard InChI is InChI=1S/C13H15NO/c14-8-7-13(15)12-6-5-10-3-1-2-4-11(10)9-12/h1-6,9,13,15H,7-8,14H2/t13-/m1/s1. The summed E-state index contributed by atoms with van der Waals surface area (Å²) in [6.45, 7) is 0.508. The summed E-state index contributed by atoms with van der Waals surface area (Å²) < 4.78 is 0. The lowest BCUT2D eigenvalue weighted by Crippen LogP contribution is -2.06. The minimum atomic E-state index is -0.445. The molecule has 0 heterocycles. The highest BCUT2D eigenvalue weighted by atomic mass is 16.3. The van der Waals surface area contributed by atoms with Crippen LogP contribution >= 0.6 is 0 Å². The number of aliphatic hydroxyl groups is 1. The Labute approximate surface area is 89.3 Å². The number of nitrogens with two attached hydrogens (primary N) is 1. The van der Waals surface area contributed by atoms with Gasteiger partial charge in [-0.1, -0.05) is 36.4 Å². The first-order valence-electron chi connectivity index (χ1n) is 5.18. The molecule has 0 aliphatic rings. The van der Waals surface area contributed by atoms with Gasteiger partial charge in [0.2, 0.25) is 0 Å². The molecule has 0 aliphatic carbocycles. The van der Waals surface area contributed by atoms with E-state index in [1.165, 1.54) is 5.39 Å². The van der Waals surface area contributed by atoms with E-state index in [1.807, 2.05) is 36.4 Å². The number of fused-ring (bicyclic) bond motifs is 1. The molecule has 0 unspecified atom stereocenters. The summed E-state index contributed by atoms with van der Waals surface area (Å²) in [5, 5.41) is 12.2. The van der Waals surface area contributed by atoms with E-state index < -0.39 is 6.10 Å². The zero-order chi connectivity index (χ0) is 10.7. The summed E-state index contributed by atoms with van der Waals surface area (Å²) in [5.41, 5.74) is 6.36. The molecule has 2 aromatic rings. The lowest BCUT2D eigenvalue weighted by atomic mass is 10.0. The van der Waals surface area contributed by atoms with E-state index in [-0.39, 0.29) is 0 Å². The van der Waals surface area contributed by atoms with Gasteiger partial charge in [-0.05, 0) is 35.4 Å². The van der Waals surface area contributed by atoms with Crippen molar-refractivity contribution in [3.63, 3.8) is 0 Å². The molecule has 0 aliphatic heterocycles. The van der Waals surface area contributed by atoms with Crippen LogP contribution in [-0.2, 0) is 0 Å². The third kappa shape index (κ3) is 2.17. The van der Waals surface area contributed by atoms with Gasteiger partial charge in [0.15, 0.2) is 0 Å². The van der Waals surface area contributed by atoms with E-state index in [0.717, 1.165) is 10.9 Å². The van der Waals surface area contributed by atoms with Crippen molar-refractivity contribution in [2.75, 3.05) is 6.54 Å². The molecule has 0 aromatic heterocycles. The van der Waals surface area contributed by atoms with Gasteiger partial charge in [0.25, 0.3) is 0 Å². The molecule has 15 heavy (non-hydrogen) atoms. The molecule has 3 N–H and O–H groups in total. The average Bonchev–Trinajstić information content (AvgIpc) is 2.29. The number of rotatable bonds is 3. The van der Waals surface area contributed by atoms with Crippen molar-refractivity contribution in [3.05, 3.63) is 48.0 Å². The van der Waals surface area contributed by atoms with Crippen molar-refractivity contribution >= 4 is 10.8 Å². The Morgan fingerprint density at radius 2 is 1.80 bits per heavy atom. The maximum absolute atomic E-state index is 9.80. The van der Waals surface area contributed by atoms with Crippen molar-refractivity contribution in [3.8, 4) is 0 Å². The van der Waals surface area contributed by atoms with Crippen molar-refractivity contribution in [1.29, 1.82) is 0 Å². The molecule has 1 atom stereocenters. The molecule has 2 nitrogen and oxygen atoms in total. The highest BCUT2D eigenvalue weighted by Crippen LogP contribution is 2.21. The van der Waals surface area contributed by atoms with Gasteiger partial charge in [-0.3, -0.25) is 0 Å². The van der Waals surface area contributed by atoms with Crippen molar-refractivity contribution in [1.82, 2.24) is 0 Å². The molecule has 2 heteroatoms. The lowest BCUT2D eigenvalue weighted by molar-refractivity contribution is 0.170. The minimum Gasteiger partial charge on any atom is -0.388 e. The first-order chi connectivity index (χ1) is 7.31. The SMILES string of the molecule is NCC[C@@H](O)c1ccc2ccccc2c1. The average molecular weight is 201 g/mol. The van der Waals surface area contributed by atoms with Gasteiger partial charge in [0, 0.05) is 0 Å². The van der Waals surface area contributed by atoms with Crippen LogP contribution in [0.4, 0.5) is 0 Å². The van der Waals surface area contributed by atoms with Crippen molar-refractivity contribution < 1.29 is 5.11 Å². The maximum Gasteiger partial charge on any atom is 0.0802 e. The van der Waals surface area contributed by atoms with E-state index in [0.29, 0.717) is 13.0 Å². The van der Waals surface area contributed by atoms with E-state index in [2.05, 4.69) is 6.07 Å². The molecule has 0 radical (unpaired) electrons. The highest BCUT2D eigenvalue weighted by Gasteiger charge is 2.06. The monoisotopic (exact) mass is 201 g/mol. The molecule has 2 rings (SSSR count). The van der Waals surface area contributed by atoms with Crippen molar-refractivity contribution in [2.45, 2.75) is 12.5 Å². The van der Waals surface area contributed by atoms with Gasteiger partial charge < -0.3 is 10.8 Å². The lowest BCUT2D eigenvalue weighted by Gasteiger charge is -2.10. The fourth-order valence-corrected chi connectivity index (χ4v) is 1.74. The van der Waals surface area contributed by atoms with Crippen LogP contribution in [0, 0.1) is 0 Å². The van der Waals surface area contributed by atoms with Crippen LogP contribution in [0.5, 0.6) is 0 Å². The first-order valence-corrected chi connectivity index (χ1v) is 5.18. The van der Waals surface area contributed by atoms with Gasteiger partial charge in [-0.2, -0.15) is 0 Å². The molecule has 78 valence electrons. The van der Waals surface area contributed by atoms with E-state index in [9.17, 15) is 5.11 Å². The molecule has 0 bridgehead atoms. The normalized spacial score (nSPS) is 12.9. The predicted molar refractivity (Wildman–Crippen MR) is 62.6 cm³/mol. The Morgan fingerprint density at radius 1 is 1.07 bits per heavy atom. The number of aliphatic hydroxyl groups excluding tert-OH is 1. The van der Waals surface area contributed by atoms with E-state index in [4.69, 9.17) is 5.73 Å². The molecule has 0 saturated carbocycles. The zero-order valence-electron chi connectivity index (χ0n) is 8.56. The van der Waals surface area contributed by atoms with E-state index >= 15 is 0 Å². The van der Waals surface area contributed by atoms with Crippen molar-refractivity contribution in [2.24, 2.45) is 5.73 Å². The van der Waals surface area contributed by atoms with Gasteiger partial charge in [0.1, 0.15) is 0 Å². The predicted octanol–water partition coefficient (Wildman–Crippen LogP) is 2.22. The Kier molecular flexibility index (Phi) is 2.99. The summed E-state index contributed by atoms with van der Waals surface area (Å²) in [6.07, 6.45) is 0.165. The second-order valence-corrected chi connectivity index (χ2v) is 3.70. The number of hydrogen-bond acceptors (Lipinski definition) is 2. The summed E-state index contributed by atoms with van der Waals surface area (Å²) in [5.74, 6) is 0. The molecule has 0 fully saturated rings. The third-order valence-electron chi connectivity index (χ3n) is 2.60. The topological polar surface area (TPSA) is 46.2 Å². The maximum atomic E-state index is 9.80. The van der Waals surface area contributed by atoms with Gasteiger partial charge in [-0.25, -0.2) is 0 Å². The highest BCUT2D eigenvalue weighted by molar-refractivity contribution is 5.83. The number of hydrogen-bond donors (Lipinski definition) is 2. The van der Waals surface area contributed by atoms with Gasteiger partial charge in [0.05, 0.1) is 6.10 Å². The minimum absolute atomic E-state index is 0.445. The summed E-state index contributed by atoms with van der Waals surface area (Å²) in [4.78, 5) is 0. The zero-order valence-corrected chi connectivity index (χ0v) is 8.56. The Morgan fingerprint density at radius 3 is 2.53 bits per heavy atom. The van der Waals surface area contributed by atoms with Crippen LogP contribution in [0.25, 0.3) is 10.8 Å². The molecular formula is C13H15NO. The van der Waals surface area contributed by atoms with Crippen LogP contribution in [0.3, 0.4) is 0 Å².